The van der Waals surface area contributed by atoms with Crippen LogP contribution in [0.15, 0.2) is 35.4 Å². The predicted molar refractivity (Wildman–Crippen MR) is 114 cm³/mol. The number of benzene rings is 1. The number of hydrogen-bond acceptors (Lipinski definition) is 3. The van der Waals surface area contributed by atoms with Crippen molar-refractivity contribution in [2.45, 2.75) is 89.0 Å². The third-order valence-corrected chi connectivity index (χ3v) is 6.80. The number of nitrogens with zero attached hydrogens (tertiary/aromatic N) is 2. The number of unbranched alkanes of at least 4 members (excludes halogenated alkanes) is 1. The van der Waals surface area contributed by atoms with E-state index in [-0.39, 0.29) is 5.41 Å². The first kappa shape index (κ1) is 20.9. The molecule has 0 unspecified atom stereocenters. The molecule has 1 aromatic carbocycles. The molecule has 0 saturated heterocycles. The number of aryl methyl sites for hydroxylation is 1. The Balaban J connectivity index is 1.87. The van der Waals surface area contributed by atoms with Crippen molar-refractivity contribution in [2.24, 2.45) is 0 Å². The minimum Gasteiger partial charge on any atom is -0.280 e. The zero-order valence-electron chi connectivity index (χ0n) is 17.5. The fourth-order valence-electron chi connectivity index (χ4n) is 3.78. The van der Waals surface area contributed by atoms with E-state index < -0.39 is 10.0 Å². The highest BCUT2D eigenvalue weighted by Gasteiger charge is 2.32. The summed E-state index contributed by atoms with van der Waals surface area (Å²) in [5, 5.41) is 4.72. The van der Waals surface area contributed by atoms with Gasteiger partial charge in [0.1, 0.15) is 4.90 Å². The minimum atomic E-state index is -3.70. The molecule has 1 aliphatic carbocycles. The van der Waals surface area contributed by atoms with Crippen LogP contribution in [0.2, 0.25) is 0 Å². The van der Waals surface area contributed by atoms with Gasteiger partial charge in [-0.1, -0.05) is 59.1 Å². The average Bonchev–Trinajstić information content (AvgIpc) is 3.30. The highest BCUT2D eigenvalue weighted by atomic mass is 32.2. The number of aromatic nitrogens is 2. The number of sulfonamides is 1. The summed E-state index contributed by atoms with van der Waals surface area (Å²) < 4.78 is 31.0. The van der Waals surface area contributed by atoms with Crippen LogP contribution in [0.25, 0.3) is 0 Å². The molecule has 1 saturated carbocycles. The predicted octanol–water partition coefficient (Wildman–Crippen LogP) is 5.44. The molecule has 2 aromatic rings. The Morgan fingerprint density at radius 3 is 2.36 bits per heavy atom. The molecule has 1 aromatic heterocycles. The van der Waals surface area contributed by atoms with E-state index in [2.05, 4.69) is 11.6 Å². The standard InChI is InChI=1S/C22H33N3O2S/c1-5-6-9-17-12-14-18(15-13-17)24-28(26,27)20-16-25(19-10-7-8-11-19)23-21(20)22(2,3)4/h12-16,19,24H,5-11H2,1-4H3. The fraction of sp³-hybridized carbons (Fsp3) is 0.591. The summed E-state index contributed by atoms with van der Waals surface area (Å²) in [4.78, 5) is 0.293. The van der Waals surface area contributed by atoms with E-state index >= 15 is 0 Å². The van der Waals surface area contributed by atoms with Crippen molar-refractivity contribution >= 4 is 15.7 Å². The lowest BCUT2D eigenvalue weighted by Gasteiger charge is -2.18. The van der Waals surface area contributed by atoms with Crippen molar-refractivity contribution in [1.82, 2.24) is 9.78 Å². The summed E-state index contributed by atoms with van der Waals surface area (Å²) in [6.45, 7) is 8.20. The Kier molecular flexibility index (Phi) is 6.18. The molecule has 28 heavy (non-hydrogen) atoms. The number of hydrogen-bond donors (Lipinski definition) is 1. The van der Waals surface area contributed by atoms with Gasteiger partial charge in [-0.2, -0.15) is 5.10 Å². The molecule has 0 radical (unpaired) electrons. The van der Waals surface area contributed by atoms with E-state index in [4.69, 9.17) is 5.10 Å². The molecule has 0 atom stereocenters. The van der Waals surface area contributed by atoms with Gasteiger partial charge in [-0.25, -0.2) is 8.42 Å². The molecule has 0 aliphatic heterocycles. The third-order valence-electron chi connectivity index (χ3n) is 5.42. The van der Waals surface area contributed by atoms with Crippen molar-refractivity contribution in [3.05, 3.63) is 41.7 Å². The maximum absolute atomic E-state index is 13.2. The van der Waals surface area contributed by atoms with Gasteiger partial charge in [0.05, 0.1) is 11.7 Å². The molecule has 1 aliphatic rings. The second-order valence-corrected chi connectivity index (χ2v) is 10.6. The van der Waals surface area contributed by atoms with Crippen LogP contribution in [0.5, 0.6) is 0 Å². The zero-order valence-corrected chi connectivity index (χ0v) is 18.3. The maximum Gasteiger partial charge on any atom is 0.265 e. The second kappa shape index (κ2) is 8.27. The summed E-state index contributed by atoms with van der Waals surface area (Å²) in [5.74, 6) is 0. The summed E-state index contributed by atoms with van der Waals surface area (Å²) >= 11 is 0. The van der Waals surface area contributed by atoms with Crippen molar-refractivity contribution in [3.8, 4) is 0 Å². The van der Waals surface area contributed by atoms with Gasteiger partial charge < -0.3 is 0 Å². The van der Waals surface area contributed by atoms with Crippen LogP contribution in [0, 0.1) is 0 Å². The first-order valence-electron chi connectivity index (χ1n) is 10.4. The van der Waals surface area contributed by atoms with E-state index in [1.54, 1.807) is 6.20 Å². The first-order valence-corrected chi connectivity index (χ1v) is 11.9. The summed E-state index contributed by atoms with van der Waals surface area (Å²) in [7, 11) is -3.70. The smallest absolute Gasteiger partial charge is 0.265 e. The van der Waals surface area contributed by atoms with Crippen LogP contribution in [-0.4, -0.2) is 18.2 Å². The van der Waals surface area contributed by atoms with Crippen LogP contribution >= 0.6 is 0 Å². The quantitative estimate of drug-likeness (QED) is 0.669. The van der Waals surface area contributed by atoms with Gasteiger partial charge >= 0.3 is 0 Å². The van der Waals surface area contributed by atoms with E-state index in [0.717, 1.165) is 32.1 Å². The fourth-order valence-corrected chi connectivity index (χ4v) is 5.18. The van der Waals surface area contributed by atoms with Crippen LogP contribution in [0.1, 0.15) is 83.5 Å². The molecular formula is C22H33N3O2S. The van der Waals surface area contributed by atoms with Gasteiger partial charge in [0.2, 0.25) is 0 Å². The van der Waals surface area contributed by atoms with Gasteiger partial charge in [0.25, 0.3) is 10.0 Å². The Hall–Kier alpha value is -1.82. The Morgan fingerprint density at radius 1 is 1.14 bits per heavy atom. The summed E-state index contributed by atoms with van der Waals surface area (Å²) in [6.07, 6.45) is 9.53. The molecule has 1 heterocycles. The molecule has 6 heteroatoms. The van der Waals surface area contributed by atoms with Gasteiger partial charge in [0.15, 0.2) is 0 Å². The maximum atomic E-state index is 13.2. The molecule has 3 rings (SSSR count). The first-order chi connectivity index (χ1) is 13.2. The van der Waals surface area contributed by atoms with Gasteiger partial charge in [-0.15, -0.1) is 0 Å². The van der Waals surface area contributed by atoms with Gasteiger partial charge in [-0.3, -0.25) is 9.40 Å². The van der Waals surface area contributed by atoms with Crippen molar-refractivity contribution in [1.29, 1.82) is 0 Å². The number of rotatable bonds is 7. The van der Waals surface area contributed by atoms with Crippen molar-refractivity contribution in [3.63, 3.8) is 0 Å². The number of nitrogens with one attached hydrogen (secondary N) is 1. The summed E-state index contributed by atoms with van der Waals surface area (Å²) in [6, 6.07) is 8.00. The minimum absolute atomic E-state index is 0.293. The second-order valence-electron chi connectivity index (χ2n) is 8.92. The highest BCUT2D eigenvalue weighted by molar-refractivity contribution is 7.92. The van der Waals surface area contributed by atoms with Crippen LogP contribution in [0.3, 0.4) is 0 Å². The Bertz CT molecular complexity index is 887. The van der Waals surface area contributed by atoms with Crippen LogP contribution in [-0.2, 0) is 21.9 Å². The Labute approximate surface area is 169 Å². The third kappa shape index (κ3) is 4.77. The van der Waals surface area contributed by atoms with Crippen molar-refractivity contribution in [2.75, 3.05) is 4.72 Å². The van der Waals surface area contributed by atoms with E-state index in [9.17, 15) is 8.42 Å². The zero-order chi connectivity index (χ0) is 20.4. The molecule has 1 N–H and O–H groups in total. The average molecular weight is 404 g/mol. The van der Waals surface area contributed by atoms with Crippen molar-refractivity contribution < 1.29 is 8.42 Å². The molecule has 0 spiro atoms. The largest absolute Gasteiger partial charge is 0.280 e. The van der Waals surface area contributed by atoms with Gasteiger partial charge in [0, 0.05) is 17.3 Å². The monoisotopic (exact) mass is 403 g/mol. The van der Waals surface area contributed by atoms with Crippen LogP contribution in [0.4, 0.5) is 5.69 Å². The Morgan fingerprint density at radius 2 is 1.79 bits per heavy atom. The molecule has 0 amide bonds. The van der Waals surface area contributed by atoms with Gasteiger partial charge in [-0.05, 0) is 43.4 Å². The highest BCUT2D eigenvalue weighted by Crippen LogP contribution is 2.34. The van der Waals surface area contributed by atoms with E-state index in [1.165, 1.54) is 18.4 Å². The number of anilines is 1. The lowest BCUT2D eigenvalue weighted by Crippen LogP contribution is -2.20. The normalized spacial score (nSPS) is 15.9. The molecule has 0 bridgehead atoms. The van der Waals surface area contributed by atoms with E-state index in [1.807, 2.05) is 49.7 Å². The molecular weight excluding hydrogens is 370 g/mol. The topological polar surface area (TPSA) is 64.0 Å². The lowest BCUT2D eigenvalue weighted by atomic mass is 9.92. The molecule has 1 fully saturated rings. The SMILES string of the molecule is CCCCc1ccc(NS(=O)(=O)c2cn(C3CCCC3)nc2C(C)(C)C)cc1. The molecule has 154 valence electrons. The van der Waals surface area contributed by atoms with Crippen LogP contribution < -0.4 is 4.72 Å². The summed E-state index contributed by atoms with van der Waals surface area (Å²) in [5.41, 5.74) is 2.10. The lowest BCUT2D eigenvalue weighted by molar-refractivity contribution is 0.448. The van der Waals surface area contributed by atoms with E-state index in [0.29, 0.717) is 22.3 Å². The molecule has 5 nitrogen and oxygen atoms in total.